The molecule has 0 radical (unpaired) electrons. The van der Waals surface area contributed by atoms with Crippen LogP contribution in [0.15, 0.2) is 218 Å². The summed E-state index contributed by atoms with van der Waals surface area (Å²) in [5, 5.41) is 4.93. The molecule has 2 nitrogen and oxygen atoms in total. The minimum absolute atomic E-state index is 1.14. The highest BCUT2D eigenvalue weighted by molar-refractivity contribution is 6.19. The van der Waals surface area contributed by atoms with Crippen LogP contribution in [0.2, 0.25) is 0 Å². The molecule has 0 N–H and O–H groups in total. The van der Waals surface area contributed by atoms with Crippen LogP contribution in [0.5, 0.6) is 0 Å². The number of aromatic nitrogens is 2. The van der Waals surface area contributed by atoms with Crippen molar-refractivity contribution in [2.75, 3.05) is 0 Å². The van der Waals surface area contributed by atoms with Crippen LogP contribution >= 0.6 is 0 Å². The topological polar surface area (TPSA) is 9.86 Å². The molecule has 0 spiro atoms. The van der Waals surface area contributed by atoms with Gasteiger partial charge in [-0.2, -0.15) is 0 Å². The molecule has 0 fully saturated rings. The number of hydrogen-bond donors (Lipinski definition) is 0. The monoisotopic (exact) mass is 712 g/mol. The molecule has 11 aromatic rings. The number of nitrogens with zero attached hydrogens (tertiary/aromatic N) is 2. The summed E-state index contributed by atoms with van der Waals surface area (Å²) in [6.07, 6.45) is 0. The van der Waals surface area contributed by atoms with Gasteiger partial charge in [-0.15, -0.1) is 0 Å². The van der Waals surface area contributed by atoms with Crippen LogP contribution in [0.1, 0.15) is 0 Å². The molecule has 0 aliphatic carbocycles. The summed E-state index contributed by atoms with van der Waals surface area (Å²) in [5.74, 6) is 0. The summed E-state index contributed by atoms with van der Waals surface area (Å²) in [5.41, 5.74) is 16.7. The Morgan fingerprint density at radius 1 is 0.196 bits per heavy atom. The van der Waals surface area contributed by atoms with Crippen LogP contribution in [0.4, 0.5) is 0 Å². The van der Waals surface area contributed by atoms with Crippen molar-refractivity contribution in [2.45, 2.75) is 0 Å². The minimum Gasteiger partial charge on any atom is -0.309 e. The lowest BCUT2D eigenvalue weighted by Gasteiger charge is -2.12. The lowest BCUT2D eigenvalue weighted by Crippen LogP contribution is -1.95. The van der Waals surface area contributed by atoms with Gasteiger partial charge >= 0.3 is 0 Å². The van der Waals surface area contributed by atoms with Gasteiger partial charge < -0.3 is 9.13 Å². The van der Waals surface area contributed by atoms with E-state index in [1.54, 1.807) is 0 Å². The highest BCUT2D eigenvalue weighted by Crippen LogP contribution is 2.41. The van der Waals surface area contributed by atoms with Gasteiger partial charge in [-0.3, -0.25) is 0 Å². The van der Waals surface area contributed by atoms with Crippen molar-refractivity contribution in [3.05, 3.63) is 218 Å². The van der Waals surface area contributed by atoms with Crippen molar-refractivity contribution < 1.29 is 0 Å². The summed E-state index contributed by atoms with van der Waals surface area (Å²) in [6.45, 7) is 0. The smallest absolute Gasteiger partial charge is 0.0548 e. The van der Waals surface area contributed by atoms with E-state index in [9.17, 15) is 0 Å². The zero-order valence-corrected chi connectivity index (χ0v) is 30.7. The van der Waals surface area contributed by atoms with Gasteiger partial charge in [-0.25, -0.2) is 0 Å². The third-order valence-electron chi connectivity index (χ3n) is 11.3. The van der Waals surface area contributed by atoms with E-state index < -0.39 is 0 Å². The molecule has 9 aromatic carbocycles. The Hall–Kier alpha value is -7.42. The maximum atomic E-state index is 2.46. The summed E-state index contributed by atoms with van der Waals surface area (Å²) in [7, 11) is 0. The van der Waals surface area contributed by atoms with E-state index in [0.717, 1.165) is 11.4 Å². The Kier molecular flexibility index (Phi) is 7.53. The van der Waals surface area contributed by atoms with E-state index in [0.29, 0.717) is 0 Å². The average molecular weight is 713 g/mol. The predicted octanol–water partition coefficient (Wildman–Crippen LogP) is 14.5. The summed E-state index contributed by atoms with van der Waals surface area (Å²) >= 11 is 0. The fourth-order valence-electron chi connectivity index (χ4n) is 8.61. The molecule has 0 saturated heterocycles. The van der Waals surface area contributed by atoms with Crippen LogP contribution in [0, 0.1) is 0 Å². The molecule has 11 rings (SSSR count). The lowest BCUT2D eigenvalue weighted by molar-refractivity contribution is 1.17. The first-order chi connectivity index (χ1) is 27.8. The van der Waals surface area contributed by atoms with Crippen molar-refractivity contribution in [3.63, 3.8) is 0 Å². The molecule has 0 atom stereocenters. The third-order valence-corrected chi connectivity index (χ3v) is 11.3. The number of hydrogen-bond acceptors (Lipinski definition) is 0. The van der Waals surface area contributed by atoms with Gasteiger partial charge in [0.1, 0.15) is 0 Å². The van der Waals surface area contributed by atoms with E-state index in [1.807, 2.05) is 0 Å². The van der Waals surface area contributed by atoms with E-state index in [1.165, 1.54) is 88.1 Å². The predicted molar refractivity (Wildman–Crippen MR) is 237 cm³/mol. The van der Waals surface area contributed by atoms with E-state index in [-0.39, 0.29) is 0 Å². The molecule has 2 heteroatoms. The van der Waals surface area contributed by atoms with Gasteiger partial charge in [0.25, 0.3) is 0 Å². The molecule has 0 aliphatic heterocycles. The van der Waals surface area contributed by atoms with Crippen LogP contribution < -0.4 is 0 Å². The molecular weight excluding hydrogens is 677 g/mol. The third kappa shape index (κ3) is 5.34. The number of para-hydroxylation sites is 1. The van der Waals surface area contributed by atoms with Crippen molar-refractivity contribution >= 4 is 43.6 Å². The SMILES string of the molecule is c1ccc(-c2ccc(-c3cccc(-n4c5ccccc5c5cc6c(cc54)c4cc(-c5ccccc5)ccc4n6-c4cccc(-c5ccccc5)c4)c3)cc2)cc1. The number of fused-ring (bicyclic) bond motifs is 6. The molecule has 0 amide bonds. The number of rotatable bonds is 6. The highest BCUT2D eigenvalue weighted by atomic mass is 15.0. The van der Waals surface area contributed by atoms with Gasteiger partial charge in [0, 0.05) is 32.9 Å². The second-order valence-corrected chi connectivity index (χ2v) is 14.6. The first-order valence-corrected chi connectivity index (χ1v) is 19.3. The van der Waals surface area contributed by atoms with Gasteiger partial charge in [0.05, 0.1) is 22.1 Å². The van der Waals surface area contributed by atoms with Crippen LogP contribution in [-0.2, 0) is 0 Å². The van der Waals surface area contributed by atoms with Crippen molar-refractivity contribution in [1.29, 1.82) is 0 Å². The molecule has 262 valence electrons. The normalized spacial score (nSPS) is 11.6. The lowest BCUT2D eigenvalue weighted by atomic mass is 10.00. The molecule has 0 saturated carbocycles. The van der Waals surface area contributed by atoms with Crippen LogP contribution in [0.3, 0.4) is 0 Å². The summed E-state index contributed by atoms with van der Waals surface area (Å²) in [6, 6.07) is 79.4. The molecule has 2 aromatic heterocycles. The molecule has 56 heavy (non-hydrogen) atoms. The fourth-order valence-corrected chi connectivity index (χ4v) is 8.61. The van der Waals surface area contributed by atoms with Gasteiger partial charge in [-0.1, -0.05) is 164 Å². The Labute approximate surface area is 325 Å². The Morgan fingerprint density at radius 2 is 0.554 bits per heavy atom. The van der Waals surface area contributed by atoms with Gasteiger partial charge in [0.15, 0.2) is 0 Å². The number of benzene rings is 9. The second-order valence-electron chi connectivity index (χ2n) is 14.6. The van der Waals surface area contributed by atoms with E-state index in [2.05, 4.69) is 228 Å². The first kappa shape index (κ1) is 32.0. The van der Waals surface area contributed by atoms with Crippen molar-refractivity contribution in [3.8, 4) is 55.9 Å². The van der Waals surface area contributed by atoms with Crippen LogP contribution in [-0.4, -0.2) is 9.13 Å². The Balaban J connectivity index is 1.14. The fraction of sp³-hybridized carbons (Fsp3) is 0. The van der Waals surface area contributed by atoms with Gasteiger partial charge in [-0.05, 0) is 99.1 Å². The maximum absolute atomic E-state index is 2.46. The van der Waals surface area contributed by atoms with Crippen molar-refractivity contribution in [2.24, 2.45) is 0 Å². The standard InChI is InChI=1S/C54H36N2/c1-4-14-37(15-5-1)40-26-28-41(29-27-40)43-21-13-22-45(33-43)55-51-25-11-10-24-47(51)49-35-54-50(36-53(49)55)48-34-44(39-18-8-3-9-19-39)30-31-52(48)56(54)46-23-12-20-42(32-46)38-16-6-2-7-17-38/h1-36H. The minimum atomic E-state index is 1.14. The quantitative estimate of drug-likeness (QED) is 0.162. The molecule has 0 unspecified atom stereocenters. The van der Waals surface area contributed by atoms with E-state index >= 15 is 0 Å². The zero-order valence-electron chi connectivity index (χ0n) is 30.7. The molecular formula is C54H36N2. The largest absolute Gasteiger partial charge is 0.309 e. The van der Waals surface area contributed by atoms with Gasteiger partial charge in [0.2, 0.25) is 0 Å². The Bertz CT molecular complexity index is 3210. The molecule has 0 aliphatic rings. The first-order valence-electron chi connectivity index (χ1n) is 19.3. The van der Waals surface area contributed by atoms with Crippen LogP contribution in [0.25, 0.3) is 99.5 Å². The average Bonchev–Trinajstić information content (AvgIpc) is 3.78. The summed E-state index contributed by atoms with van der Waals surface area (Å²) < 4.78 is 4.91. The highest BCUT2D eigenvalue weighted by Gasteiger charge is 2.19. The van der Waals surface area contributed by atoms with E-state index in [4.69, 9.17) is 0 Å². The zero-order chi connectivity index (χ0) is 37.0. The second kappa shape index (κ2) is 13.2. The Morgan fingerprint density at radius 3 is 1.11 bits per heavy atom. The molecule has 0 bridgehead atoms. The maximum Gasteiger partial charge on any atom is 0.0548 e. The molecule has 2 heterocycles. The summed E-state index contributed by atoms with van der Waals surface area (Å²) in [4.78, 5) is 0. The van der Waals surface area contributed by atoms with Crippen molar-refractivity contribution in [1.82, 2.24) is 9.13 Å².